The first-order valence-corrected chi connectivity index (χ1v) is 10.9. The van der Waals surface area contributed by atoms with Gasteiger partial charge >= 0.3 is 0 Å². The maximum atomic E-state index is 12.7. The van der Waals surface area contributed by atoms with Crippen LogP contribution in [0.3, 0.4) is 0 Å². The monoisotopic (exact) mass is 418 g/mol. The van der Waals surface area contributed by atoms with E-state index in [-0.39, 0.29) is 10.9 Å². The molecular formula is C20H23ClN4O2S. The van der Waals surface area contributed by atoms with Crippen molar-refractivity contribution < 1.29 is 8.42 Å². The Kier molecular flexibility index (Phi) is 6.39. The lowest BCUT2D eigenvalue weighted by Crippen LogP contribution is -2.30. The molecule has 0 aliphatic rings. The van der Waals surface area contributed by atoms with E-state index in [1.54, 1.807) is 36.7 Å². The summed E-state index contributed by atoms with van der Waals surface area (Å²) in [6.07, 6.45) is 3.54. The SMILES string of the molecule is CCN(CC)S(=O)(=O)c1ccc(NC(c2cn[nH]c2)c2ccccc2Cl)cc1. The molecule has 0 bridgehead atoms. The maximum absolute atomic E-state index is 12.7. The van der Waals surface area contributed by atoms with Crippen molar-refractivity contribution in [2.24, 2.45) is 0 Å². The number of hydrogen-bond donors (Lipinski definition) is 2. The fourth-order valence-corrected chi connectivity index (χ4v) is 4.77. The number of nitrogens with one attached hydrogen (secondary N) is 2. The van der Waals surface area contributed by atoms with Crippen LogP contribution < -0.4 is 5.32 Å². The largest absolute Gasteiger partial charge is 0.374 e. The third kappa shape index (κ3) is 4.22. The molecule has 2 aromatic carbocycles. The van der Waals surface area contributed by atoms with Gasteiger partial charge in [-0.25, -0.2) is 8.42 Å². The Morgan fingerprint density at radius 2 is 1.79 bits per heavy atom. The van der Waals surface area contributed by atoms with E-state index in [1.807, 2.05) is 38.1 Å². The van der Waals surface area contributed by atoms with Crippen LogP contribution in [0.25, 0.3) is 0 Å². The van der Waals surface area contributed by atoms with E-state index in [0.29, 0.717) is 18.1 Å². The van der Waals surface area contributed by atoms with Gasteiger partial charge in [-0.2, -0.15) is 9.40 Å². The summed E-state index contributed by atoms with van der Waals surface area (Å²) in [5.41, 5.74) is 2.61. The molecule has 0 radical (unpaired) electrons. The highest BCUT2D eigenvalue weighted by Crippen LogP contribution is 2.31. The van der Waals surface area contributed by atoms with Crippen molar-refractivity contribution in [2.75, 3.05) is 18.4 Å². The average molecular weight is 419 g/mol. The van der Waals surface area contributed by atoms with Gasteiger partial charge in [-0.05, 0) is 35.9 Å². The molecular weight excluding hydrogens is 396 g/mol. The van der Waals surface area contributed by atoms with Gasteiger partial charge in [0.05, 0.1) is 17.1 Å². The molecule has 0 spiro atoms. The minimum atomic E-state index is -3.48. The number of hydrogen-bond acceptors (Lipinski definition) is 4. The lowest BCUT2D eigenvalue weighted by atomic mass is 10.0. The van der Waals surface area contributed by atoms with Crippen LogP contribution in [0.5, 0.6) is 0 Å². The Morgan fingerprint density at radius 3 is 2.36 bits per heavy atom. The number of aromatic nitrogens is 2. The van der Waals surface area contributed by atoms with Gasteiger partial charge in [-0.1, -0.05) is 43.6 Å². The number of nitrogens with zero attached hydrogens (tertiary/aromatic N) is 2. The Morgan fingerprint density at radius 1 is 1.11 bits per heavy atom. The third-order valence-electron chi connectivity index (χ3n) is 4.58. The van der Waals surface area contributed by atoms with Crippen molar-refractivity contribution in [3.8, 4) is 0 Å². The van der Waals surface area contributed by atoms with E-state index in [4.69, 9.17) is 11.6 Å². The Bertz CT molecular complexity index is 1000. The summed E-state index contributed by atoms with van der Waals surface area (Å²) in [4.78, 5) is 0.277. The summed E-state index contributed by atoms with van der Waals surface area (Å²) in [6, 6.07) is 14.1. The number of rotatable bonds is 8. The molecule has 1 heterocycles. The molecule has 1 aromatic heterocycles. The first-order chi connectivity index (χ1) is 13.5. The second-order valence-corrected chi connectivity index (χ2v) is 8.59. The smallest absolute Gasteiger partial charge is 0.243 e. The van der Waals surface area contributed by atoms with Gasteiger partial charge in [0.25, 0.3) is 0 Å². The highest BCUT2D eigenvalue weighted by atomic mass is 35.5. The zero-order valence-electron chi connectivity index (χ0n) is 15.8. The van der Waals surface area contributed by atoms with E-state index in [2.05, 4.69) is 15.5 Å². The van der Waals surface area contributed by atoms with Crippen LogP contribution in [0.15, 0.2) is 65.8 Å². The van der Waals surface area contributed by atoms with E-state index in [9.17, 15) is 8.42 Å². The summed E-state index contributed by atoms with van der Waals surface area (Å²) in [7, 11) is -3.48. The fourth-order valence-electron chi connectivity index (χ4n) is 3.07. The first-order valence-electron chi connectivity index (χ1n) is 9.07. The number of aromatic amines is 1. The number of sulfonamides is 1. The fraction of sp³-hybridized carbons (Fsp3) is 0.250. The molecule has 8 heteroatoms. The van der Waals surface area contributed by atoms with Gasteiger partial charge in [-0.3, -0.25) is 5.10 Å². The molecule has 3 rings (SSSR count). The summed E-state index contributed by atoms with van der Waals surface area (Å²) >= 11 is 6.40. The highest BCUT2D eigenvalue weighted by Gasteiger charge is 2.22. The first kappa shape index (κ1) is 20.4. The molecule has 0 amide bonds. The molecule has 6 nitrogen and oxygen atoms in total. The van der Waals surface area contributed by atoms with Gasteiger partial charge in [-0.15, -0.1) is 0 Å². The Hall–Kier alpha value is -2.35. The molecule has 2 N–H and O–H groups in total. The highest BCUT2D eigenvalue weighted by molar-refractivity contribution is 7.89. The molecule has 0 aliphatic carbocycles. The zero-order valence-corrected chi connectivity index (χ0v) is 17.3. The quantitative estimate of drug-likeness (QED) is 0.571. The Labute approximate surface area is 170 Å². The van der Waals surface area contributed by atoms with Crippen molar-refractivity contribution in [2.45, 2.75) is 24.8 Å². The van der Waals surface area contributed by atoms with Crippen molar-refractivity contribution in [3.05, 3.63) is 77.1 Å². The standard InChI is InChI=1S/C20H23ClN4O2S/c1-3-25(4-2)28(26,27)17-11-9-16(10-12-17)24-20(15-13-22-23-14-15)18-7-5-6-8-19(18)21/h5-14,20,24H,3-4H2,1-2H3,(H,22,23). The molecule has 148 valence electrons. The minimum Gasteiger partial charge on any atom is -0.374 e. The molecule has 1 atom stereocenters. The van der Waals surface area contributed by atoms with Crippen LogP contribution in [-0.2, 0) is 10.0 Å². The Balaban J connectivity index is 1.90. The summed E-state index contributed by atoms with van der Waals surface area (Å²) in [5.74, 6) is 0. The van der Waals surface area contributed by atoms with Gasteiger partial charge < -0.3 is 5.32 Å². The van der Waals surface area contributed by atoms with E-state index >= 15 is 0 Å². The van der Waals surface area contributed by atoms with Crippen molar-refractivity contribution >= 4 is 27.3 Å². The topological polar surface area (TPSA) is 78.1 Å². The number of halogens is 1. The molecule has 1 unspecified atom stereocenters. The number of H-pyrrole nitrogens is 1. The lowest BCUT2D eigenvalue weighted by Gasteiger charge is -2.21. The van der Waals surface area contributed by atoms with E-state index in [0.717, 1.165) is 16.8 Å². The maximum Gasteiger partial charge on any atom is 0.243 e. The molecule has 28 heavy (non-hydrogen) atoms. The van der Waals surface area contributed by atoms with Crippen LogP contribution in [-0.4, -0.2) is 36.0 Å². The second kappa shape index (κ2) is 8.77. The van der Waals surface area contributed by atoms with Crippen LogP contribution in [0.1, 0.15) is 31.0 Å². The third-order valence-corrected chi connectivity index (χ3v) is 6.99. The molecule has 0 saturated carbocycles. The van der Waals surface area contributed by atoms with Crippen LogP contribution in [0.2, 0.25) is 5.02 Å². The molecule has 0 fully saturated rings. The van der Waals surface area contributed by atoms with Gasteiger partial charge in [0.15, 0.2) is 0 Å². The van der Waals surface area contributed by atoms with Gasteiger partial charge in [0.1, 0.15) is 0 Å². The second-order valence-electron chi connectivity index (χ2n) is 6.24. The van der Waals surface area contributed by atoms with E-state index < -0.39 is 10.0 Å². The molecule has 3 aromatic rings. The van der Waals surface area contributed by atoms with Crippen molar-refractivity contribution in [3.63, 3.8) is 0 Å². The predicted octanol–water partition coefficient (Wildman–Crippen LogP) is 4.30. The number of benzene rings is 2. The van der Waals surface area contributed by atoms with Crippen molar-refractivity contribution in [1.82, 2.24) is 14.5 Å². The van der Waals surface area contributed by atoms with Crippen LogP contribution >= 0.6 is 11.6 Å². The summed E-state index contributed by atoms with van der Waals surface area (Å²) in [5, 5.41) is 10.9. The van der Waals surface area contributed by atoms with Crippen LogP contribution in [0.4, 0.5) is 5.69 Å². The normalized spacial score (nSPS) is 12.9. The lowest BCUT2D eigenvalue weighted by molar-refractivity contribution is 0.445. The van der Waals surface area contributed by atoms with Gasteiger partial charge in [0.2, 0.25) is 10.0 Å². The van der Waals surface area contributed by atoms with Crippen LogP contribution in [0, 0.1) is 0 Å². The predicted molar refractivity (Wildman–Crippen MR) is 112 cm³/mol. The average Bonchev–Trinajstić information content (AvgIpc) is 3.22. The number of anilines is 1. The summed E-state index contributed by atoms with van der Waals surface area (Å²) < 4.78 is 26.8. The van der Waals surface area contributed by atoms with Gasteiger partial charge in [0, 0.05) is 35.6 Å². The minimum absolute atomic E-state index is 0.224. The van der Waals surface area contributed by atoms with E-state index in [1.165, 1.54) is 4.31 Å². The molecule has 0 aliphatic heterocycles. The van der Waals surface area contributed by atoms with Crippen molar-refractivity contribution in [1.29, 1.82) is 0 Å². The summed E-state index contributed by atoms with van der Waals surface area (Å²) in [6.45, 7) is 4.54. The zero-order chi connectivity index (χ0) is 20.1. The molecule has 0 saturated heterocycles.